The predicted octanol–water partition coefficient (Wildman–Crippen LogP) is 2.32. The molecule has 1 unspecified atom stereocenters. The summed E-state index contributed by atoms with van der Waals surface area (Å²) >= 11 is 0. The van der Waals surface area contributed by atoms with Crippen LogP contribution in [0.2, 0.25) is 0 Å². The van der Waals surface area contributed by atoms with Gasteiger partial charge >= 0.3 is 6.09 Å². The average Bonchev–Trinajstić information content (AvgIpc) is 3.05. The van der Waals surface area contributed by atoms with Crippen LogP contribution in [-0.2, 0) is 18.3 Å². The molecule has 1 atom stereocenters. The van der Waals surface area contributed by atoms with Crippen molar-refractivity contribution in [2.45, 2.75) is 70.4 Å². The first-order valence-corrected chi connectivity index (χ1v) is 7.47. The summed E-state index contributed by atoms with van der Waals surface area (Å²) in [5, 5.41) is 17.4. The number of hydrogen-bond donors (Lipinski definition) is 2. The molecule has 110 valence electrons. The molecule has 1 aromatic rings. The first-order chi connectivity index (χ1) is 9.36. The summed E-state index contributed by atoms with van der Waals surface area (Å²) in [6, 6.07) is 1.16. The number of hydrogen-bond acceptors (Lipinski definition) is 3. The second kappa shape index (κ2) is 4.58. The van der Waals surface area contributed by atoms with Crippen molar-refractivity contribution in [3.05, 3.63) is 17.0 Å². The molecule has 0 aliphatic heterocycles. The molecule has 2 aliphatic rings. The van der Waals surface area contributed by atoms with E-state index in [0.717, 1.165) is 36.2 Å². The van der Waals surface area contributed by atoms with E-state index in [1.165, 1.54) is 17.5 Å². The molecule has 0 spiro atoms. The van der Waals surface area contributed by atoms with Gasteiger partial charge in [0.05, 0.1) is 11.4 Å². The Hall–Kier alpha value is -1.36. The van der Waals surface area contributed by atoms with Crippen LogP contribution in [0.1, 0.15) is 57.0 Å². The molecule has 5 nitrogen and oxygen atoms in total. The molecule has 3 rings (SSSR count). The van der Waals surface area contributed by atoms with Gasteiger partial charge in [-0.1, -0.05) is 20.8 Å². The number of nitrogens with zero attached hydrogens (tertiary/aromatic N) is 2. The molecule has 1 heterocycles. The van der Waals surface area contributed by atoms with Crippen LogP contribution in [0.3, 0.4) is 0 Å². The van der Waals surface area contributed by atoms with Crippen molar-refractivity contribution >= 4 is 6.09 Å². The molecular weight excluding hydrogens is 254 g/mol. The highest BCUT2D eigenvalue weighted by Crippen LogP contribution is 2.33. The lowest BCUT2D eigenvalue weighted by atomic mass is 9.83. The highest BCUT2D eigenvalue weighted by Gasteiger charge is 2.34. The molecule has 0 saturated heterocycles. The second-order valence-electron chi connectivity index (χ2n) is 7.10. The normalized spacial score (nSPS) is 22.6. The Morgan fingerprint density at radius 2 is 2.00 bits per heavy atom. The van der Waals surface area contributed by atoms with Gasteiger partial charge in [-0.3, -0.25) is 0 Å². The van der Waals surface area contributed by atoms with Gasteiger partial charge < -0.3 is 10.4 Å². The van der Waals surface area contributed by atoms with Gasteiger partial charge in [0.1, 0.15) is 0 Å². The highest BCUT2D eigenvalue weighted by atomic mass is 16.4. The maximum Gasteiger partial charge on any atom is 0.432 e. The lowest BCUT2D eigenvalue weighted by molar-refractivity contribution is 0.190. The Labute approximate surface area is 119 Å². The topological polar surface area (TPSA) is 67.2 Å². The van der Waals surface area contributed by atoms with Crippen LogP contribution in [0.25, 0.3) is 0 Å². The molecule has 2 N–H and O–H groups in total. The van der Waals surface area contributed by atoms with Crippen molar-refractivity contribution in [1.29, 1.82) is 0 Å². The third-order valence-electron chi connectivity index (χ3n) is 4.19. The van der Waals surface area contributed by atoms with Gasteiger partial charge in [-0.2, -0.15) is 9.78 Å². The minimum Gasteiger partial charge on any atom is -0.463 e. The van der Waals surface area contributed by atoms with E-state index in [0.29, 0.717) is 12.1 Å². The van der Waals surface area contributed by atoms with Crippen LogP contribution >= 0.6 is 0 Å². The predicted molar refractivity (Wildman–Crippen MR) is 76.3 cm³/mol. The Morgan fingerprint density at radius 1 is 1.30 bits per heavy atom. The number of aryl methyl sites for hydroxylation is 1. The van der Waals surface area contributed by atoms with Gasteiger partial charge in [0.15, 0.2) is 0 Å². The summed E-state index contributed by atoms with van der Waals surface area (Å²) in [4.78, 5) is 11.4. The Bertz CT molecular complexity index is 538. The fourth-order valence-corrected chi connectivity index (χ4v) is 3.20. The molecule has 0 radical (unpaired) electrons. The van der Waals surface area contributed by atoms with Crippen LogP contribution < -0.4 is 5.32 Å². The van der Waals surface area contributed by atoms with Crippen LogP contribution in [0.5, 0.6) is 0 Å². The van der Waals surface area contributed by atoms with Crippen molar-refractivity contribution in [2.75, 3.05) is 0 Å². The van der Waals surface area contributed by atoms with Gasteiger partial charge in [0, 0.05) is 17.5 Å². The van der Waals surface area contributed by atoms with E-state index in [9.17, 15) is 9.90 Å². The Morgan fingerprint density at radius 3 is 2.55 bits per heavy atom. The molecule has 1 aromatic heterocycles. The molecule has 2 aliphatic carbocycles. The second-order valence-corrected chi connectivity index (χ2v) is 7.10. The summed E-state index contributed by atoms with van der Waals surface area (Å²) < 4.78 is 1.20. The fourth-order valence-electron chi connectivity index (χ4n) is 3.20. The third-order valence-corrected chi connectivity index (χ3v) is 4.19. The van der Waals surface area contributed by atoms with E-state index in [-0.39, 0.29) is 5.41 Å². The Kier molecular flexibility index (Phi) is 3.12. The summed E-state index contributed by atoms with van der Waals surface area (Å²) in [6.45, 7) is 6.17. The van der Waals surface area contributed by atoms with Gasteiger partial charge in [-0.05, 0) is 37.7 Å². The largest absolute Gasteiger partial charge is 0.463 e. The van der Waals surface area contributed by atoms with Crippen molar-refractivity contribution < 1.29 is 9.90 Å². The van der Waals surface area contributed by atoms with E-state index in [4.69, 9.17) is 0 Å². The maximum atomic E-state index is 11.4. The monoisotopic (exact) mass is 277 g/mol. The van der Waals surface area contributed by atoms with Gasteiger partial charge in [0.2, 0.25) is 0 Å². The lowest BCUT2D eigenvalue weighted by Gasteiger charge is -2.26. The maximum absolute atomic E-state index is 11.4. The van der Waals surface area contributed by atoms with Crippen LogP contribution in [0, 0.1) is 0 Å². The molecule has 0 amide bonds. The number of carbonyl (C=O) groups is 1. The molecular formula is C15H23N3O2. The number of aromatic nitrogens is 2. The zero-order valence-corrected chi connectivity index (χ0v) is 12.4. The SMILES string of the molecule is CC(C)(C)c1c2c(nn1C(=O)O)CCC(NC1CC1)C2. The van der Waals surface area contributed by atoms with E-state index >= 15 is 0 Å². The van der Waals surface area contributed by atoms with Crippen molar-refractivity contribution in [2.24, 2.45) is 0 Å². The summed E-state index contributed by atoms with van der Waals surface area (Å²) in [5.74, 6) is 0. The minimum absolute atomic E-state index is 0.208. The molecule has 1 saturated carbocycles. The molecule has 1 fully saturated rings. The molecule has 0 aromatic carbocycles. The van der Waals surface area contributed by atoms with E-state index in [1.807, 2.05) is 0 Å². The van der Waals surface area contributed by atoms with E-state index < -0.39 is 6.09 Å². The zero-order chi connectivity index (χ0) is 14.5. The summed E-state index contributed by atoms with van der Waals surface area (Å²) in [6.07, 6.45) is 4.43. The average molecular weight is 277 g/mol. The van der Waals surface area contributed by atoms with Crippen LogP contribution in [-0.4, -0.2) is 33.1 Å². The Balaban J connectivity index is 1.95. The standard InChI is InChI=1S/C15H23N3O2/c1-15(2,3)13-11-8-10(16-9-4-5-9)6-7-12(11)17-18(13)14(19)20/h9-10,16H,4-8H2,1-3H3,(H,19,20). The van der Waals surface area contributed by atoms with Crippen LogP contribution in [0.15, 0.2) is 0 Å². The summed E-state index contributed by atoms with van der Waals surface area (Å²) in [5.41, 5.74) is 2.79. The van der Waals surface area contributed by atoms with E-state index in [2.05, 4.69) is 31.2 Å². The number of nitrogens with one attached hydrogen (secondary N) is 1. The number of rotatable bonds is 2. The van der Waals surface area contributed by atoms with Crippen molar-refractivity contribution in [3.63, 3.8) is 0 Å². The first kappa shape index (κ1) is 13.6. The first-order valence-electron chi connectivity index (χ1n) is 7.47. The van der Waals surface area contributed by atoms with Crippen LogP contribution in [0.4, 0.5) is 4.79 Å². The molecule has 5 heteroatoms. The van der Waals surface area contributed by atoms with E-state index in [1.54, 1.807) is 0 Å². The smallest absolute Gasteiger partial charge is 0.432 e. The summed E-state index contributed by atoms with van der Waals surface area (Å²) in [7, 11) is 0. The van der Waals surface area contributed by atoms with Gasteiger partial charge in [-0.15, -0.1) is 0 Å². The molecule has 0 bridgehead atoms. The van der Waals surface area contributed by atoms with Gasteiger partial charge in [-0.25, -0.2) is 4.79 Å². The number of fused-ring (bicyclic) bond motifs is 1. The van der Waals surface area contributed by atoms with Crippen molar-refractivity contribution in [3.8, 4) is 0 Å². The van der Waals surface area contributed by atoms with Gasteiger partial charge in [0.25, 0.3) is 0 Å². The zero-order valence-electron chi connectivity index (χ0n) is 12.4. The van der Waals surface area contributed by atoms with Crippen molar-refractivity contribution in [1.82, 2.24) is 15.1 Å². The highest BCUT2D eigenvalue weighted by molar-refractivity contribution is 5.69. The minimum atomic E-state index is -0.976. The quantitative estimate of drug-likeness (QED) is 0.870. The third kappa shape index (κ3) is 2.46. The number of carboxylic acid groups (broad SMARTS) is 1. The lowest BCUT2D eigenvalue weighted by Crippen LogP contribution is -2.36. The fraction of sp³-hybridized carbons (Fsp3) is 0.733. The molecule has 20 heavy (non-hydrogen) atoms.